The van der Waals surface area contributed by atoms with Crippen LogP contribution in [0.2, 0.25) is 0 Å². The summed E-state index contributed by atoms with van der Waals surface area (Å²) in [4.78, 5) is 136. The number of unbranched alkanes of at least 4 members (excludes halogenated alkanes) is 1. The fraction of sp³-hybridized carbons (Fsp3) is 0.875. The van der Waals surface area contributed by atoms with Crippen LogP contribution in [0.25, 0.3) is 0 Å². The number of amides is 7. The Morgan fingerprint density at radius 3 is 0.527 bits per heavy atom. The molecule has 0 radical (unpaired) electrons. The Bertz CT molecular complexity index is 2740. The molecule has 0 heterocycles. The van der Waals surface area contributed by atoms with E-state index in [-0.39, 0.29) is 283 Å². The molecule has 0 spiro atoms. The fourth-order valence-electron chi connectivity index (χ4n) is 9.48. The molecule has 0 aliphatic carbocycles. The zero-order chi connectivity index (χ0) is 104. The fourth-order valence-corrected chi connectivity index (χ4v) is 9.48. The van der Waals surface area contributed by atoms with Crippen molar-refractivity contribution in [1.29, 1.82) is 0 Å². The second-order valence-corrected chi connectivity index (χ2v) is 29.6. The molecule has 0 aromatic heterocycles. The normalized spacial score (nSPS) is 10.2. The second-order valence-electron chi connectivity index (χ2n) is 29.6. The minimum atomic E-state index is -0.257. The summed E-state index contributed by atoms with van der Waals surface area (Å²) >= 11 is 0. The van der Waals surface area contributed by atoms with E-state index < -0.39 is 0 Å². The van der Waals surface area contributed by atoms with Crippen LogP contribution in [0.15, 0.2) is 0 Å². The van der Waals surface area contributed by atoms with E-state index in [0.717, 1.165) is 71.4 Å². The number of nitrogens with one attached hydrogen (secondary N) is 7. The topological polar surface area (TPSA) is 520 Å². The van der Waals surface area contributed by atoms with E-state index in [9.17, 15) is 57.5 Å². The van der Waals surface area contributed by atoms with Gasteiger partial charge in [-0.05, 0) is 85.0 Å². The number of ether oxygens (including phenoxy) is 25. The maximum atomic E-state index is 11.8. The quantitative estimate of drug-likeness (QED) is 0.0422. The third-order valence-corrected chi connectivity index (χ3v) is 16.6. The first kappa shape index (κ1) is 169. The van der Waals surface area contributed by atoms with Gasteiger partial charge >= 0.3 is 0 Å². The Morgan fingerprint density at radius 2 is 0.329 bits per heavy atom. The Hall–Kier alpha value is -2.23. The summed E-state index contributed by atoms with van der Waals surface area (Å²) in [5, 5.41) is 18.2. The van der Waals surface area contributed by atoms with Crippen molar-refractivity contribution in [2.75, 3.05) is 377 Å². The maximum Gasteiger partial charge on any atom is 0.246 e. The largest absolute Gasteiger partial charge is 0.379 e. The van der Waals surface area contributed by atoms with E-state index in [0.29, 0.717) is 315 Å². The summed E-state index contributed by atoms with van der Waals surface area (Å²) in [6, 6.07) is 0. The van der Waals surface area contributed by atoms with Gasteiger partial charge in [-0.25, -0.2) is 0 Å². The van der Waals surface area contributed by atoms with Crippen molar-refractivity contribution in [1.82, 2.24) is 37.2 Å². The minimum Gasteiger partial charge on any atom is -0.379 e. The Balaban J connectivity index is -0.000000155. The zero-order valence-electron chi connectivity index (χ0n) is 90.0. The number of hydrogen-bond donors (Lipinski definition) is 7. The Labute approximate surface area is 957 Å². The molecule has 0 saturated carbocycles. The van der Waals surface area contributed by atoms with Gasteiger partial charge in [-0.1, -0.05) is 54.9 Å². The van der Waals surface area contributed by atoms with Gasteiger partial charge in [0.15, 0.2) is 23.1 Å². The molecule has 0 bridgehead atoms. The van der Waals surface area contributed by atoms with Crippen LogP contribution >= 0.6 is 0 Å². The number of carbonyl (C=O) groups is 12. The maximum absolute atomic E-state index is 11.8. The van der Waals surface area contributed by atoms with E-state index >= 15 is 0 Å². The first-order valence-electron chi connectivity index (χ1n) is 50.0. The average Bonchev–Trinajstić information content (AvgIpc) is 1.04. The summed E-state index contributed by atoms with van der Waals surface area (Å²) in [7, 11) is 3.17. The first-order chi connectivity index (χ1) is 68.2. The summed E-state index contributed by atoms with van der Waals surface area (Å²) in [6.07, 6.45) is 12.3. The van der Waals surface area contributed by atoms with Gasteiger partial charge in [-0.15, -0.1) is 0 Å². The van der Waals surface area contributed by atoms with Crippen LogP contribution in [0.5, 0.6) is 0 Å². The van der Waals surface area contributed by atoms with Gasteiger partial charge in [-0.3, -0.25) is 57.5 Å². The average molecular weight is 3130 g/mol. The molecule has 864 valence electrons. The molecule has 0 fully saturated rings. The van der Waals surface area contributed by atoms with Crippen molar-refractivity contribution in [2.24, 2.45) is 0 Å². The van der Waals surface area contributed by atoms with Crippen LogP contribution in [-0.4, -0.2) is 447 Å². The van der Waals surface area contributed by atoms with E-state index in [2.05, 4.69) is 44.1 Å². The molecule has 7 N–H and O–H groups in total. The van der Waals surface area contributed by atoms with Gasteiger partial charge in [0.25, 0.3) is 0 Å². The number of Topliss-reactive ketones (excluding diaryl/α,β-unsaturated/α-hetero) is 5. The molecule has 0 aliphatic rings. The van der Waals surface area contributed by atoms with Crippen molar-refractivity contribution in [3.63, 3.8) is 0 Å². The number of likely N-dealkylation sites (N-methyl/N-ethyl adjacent to an activating group) is 5. The summed E-state index contributed by atoms with van der Waals surface area (Å²) in [6.45, 7) is 41.4. The van der Waals surface area contributed by atoms with E-state index in [1.165, 1.54) is 0 Å². The van der Waals surface area contributed by atoms with Gasteiger partial charge in [0.1, 0.15) is 78.5 Å². The smallest absolute Gasteiger partial charge is 0.246 e. The molecular formula is C96H187N7O37W6. The molecular weight excluding hydrogens is 2950 g/mol. The SMILES string of the molecule is CCCCOCCOCCOCCC(=O)CC.CCCOCCOCC(=O)CCCOCCOCC(=O)NCC.CCCOCCOCC(=O)CCCOCCOCC(=O)NCCOCCOCC(=O)CCCOCCOCC(=O)NCC.CCCOCCOCC(=O)NC.CCCOCCOCC(=O)NC.CCCOCCOCC(=O)NCCOCCOCC(=O)CCCOCCOCC(=O)NCC.[W].[W].[W].[W].[W].[W]. The van der Waals surface area contributed by atoms with Gasteiger partial charge < -0.3 is 156 Å². The molecule has 0 atom stereocenters. The second kappa shape index (κ2) is 151. The van der Waals surface area contributed by atoms with Crippen LogP contribution in [0.3, 0.4) is 0 Å². The minimum absolute atomic E-state index is 0. The molecule has 0 unspecified atom stereocenters. The predicted molar refractivity (Wildman–Crippen MR) is 524 cm³/mol. The summed E-state index contributed by atoms with van der Waals surface area (Å²) in [5.41, 5.74) is 0. The van der Waals surface area contributed by atoms with Crippen LogP contribution in [0.4, 0.5) is 0 Å². The van der Waals surface area contributed by atoms with Crippen molar-refractivity contribution in [2.45, 2.75) is 178 Å². The molecule has 146 heavy (non-hydrogen) atoms. The molecule has 0 saturated heterocycles. The van der Waals surface area contributed by atoms with Crippen molar-refractivity contribution < 1.29 is 302 Å². The Morgan fingerprint density at radius 1 is 0.158 bits per heavy atom. The molecule has 50 heteroatoms. The summed E-state index contributed by atoms with van der Waals surface area (Å²) < 4.78 is 131. The number of rotatable bonds is 103. The van der Waals surface area contributed by atoms with Crippen molar-refractivity contribution >= 4 is 70.3 Å². The van der Waals surface area contributed by atoms with Crippen molar-refractivity contribution in [3.05, 3.63) is 0 Å². The van der Waals surface area contributed by atoms with Crippen molar-refractivity contribution in [3.8, 4) is 0 Å². The third-order valence-electron chi connectivity index (χ3n) is 16.6. The first-order valence-corrected chi connectivity index (χ1v) is 50.0. The molecule has 7 amide bonds. The number of hydrogen-bond acceptors (Lipinski definition) is 37. The standard InChI is InChI=1S/C29H54N2O12.C22H42N2O9.C16H31NO6.C13H26O4.2C8H17NO3.6W/c1-3-10-36-14-18-40-22-26(32)7-5-12-38-16-21-43-25-29(35)31-9-13-39-17-19-41-23-27(33)8-6-11-37-15-20-42-24-28(34)30-4-2;1-3-8-28-11-15-33-19-22(27)24-7-10-30-13-14-31-17-20(25)6-5-9-29-12-16-32-18-21(26)23-4-2;1-3-7-20-9-11-22-13-15(18)6-5-8-21-10-12-23-14-16(19)17-4-2;1-3-5-7-15-9-11-17-12-10-16-8-6-13(14)4-2;2*1-3-4-11-5-6-12-7-8(10)9-2;;;;;;/h3-25H2,1-2H3,(H,30,34)(H,31,35);3-19H2,1-2H3,(H,23,26)(H,24,27);3-14H2,1-2H3,(H,17,19);3-12H2,1-2H3;2*3-7H2,1-2H3,(H,9,10);;;;;;. The third kappa shape index (κ3) is 162. The van der Waals surface area contributed by atoms with E-state index in [4.69, 9.17) is 118 Å². The Kier molecular flexibility index (Phi) is 175. The molecule has 0 aromatic rings. The molecule has 44 nitrogen and oxygen atoms in total. The van der Waals surface area contributed by atoms with Gasteiger partial charge in [0, 0.05) is 278 Å². The van der Waals surface area contributed by atoms with Gasteiger partial charge in [0.2, 0.25) is 41.4 Å². The predicted octanol–water partition coefficient (Wildman–Crippen LogP) is 4.07. The number of carbonyl (C=O) groups excluding carboxylic acids is 12. The zero-order valence-corrected chi connectivity index (χ0v) is 108. The molecule has 0 aliphatic heterocycles. The van der Waals surface area contributed by atoms with Crippen LogP contribution < -0.4 is 37.2 Å². The van der Waals surface area contributed by atoms with Crippen LogP contribution in [0, 0.1) is 0 Å². The number of ketones is 5. The van der Waals surface area contributed by atoms with Crippen LogP contribution in [-0.2, 0) is 302 Å². The van der Waals surface area contributed by atoms with E-state index in [1.54, 1.807) is 14.1 Å². The monoisotopic (exact) mass is 3130 g/mol. The van der Waals surface area contributed by atoms with E-state index in [1.807, 2.05) is 62.3 Å². The van der Waals surface area contributed by atoms with Gasteiger partial charge in [0.05, 0.1) is 192 Å². The summed E-state index contributed by atoms with van der Waals surface area (Å²) in [5.74, 6) is -0.781. The van der Waals surface area contributed by atoms with Gasteiger partial charge in [-0.2, -0.15) is 0 Å². The molecule has 0 aromatic carbocycles. The van der Waals surface area contributed by atoms with Crippen LogP contribution in [0.1, 0.15) is 178 Å². The molecule has 0 rings (SSSR count).